The monoisotopic (exact) mass is 519 g/mol. The molecule has 11 heteroatoms. The topological polar surface area (TPSA) is 132 Å². The highest BCUT2D eigenvalue weighted by Crippen LogP contribution is 2.35. The summed E-state index contributed by atoms with van der Waals surface area (Å²) in [6.45, 7) is 0.196. The van der Waals surface area contributed by atoms with Crippen LogP contribution in [0.15, 0.2) is 76.6 Å². The van der Waals surface area contributed by atoms with Gasteiger partial charge in [-0.2, -0.15) is 0 Å². The van der Waals surface area contributed by atoms with Gasteiger partial charge in [-0.1, -0.05) is 6.07 Å². The van der Waals surface area contributed by atoms with Crippen LogP contribution in [0, 0.1) is 10.1 Å². The van der Waals surface area contributed by atoms with Crippen molar-refractivity contribution in [3.8, 4) is 11.5 Å². The molecule has 0 unspecified atom stereocenters. The number of ether oxygens (including phenoxy) is 2. The molecule has 10 nitrogen and oxygen atoms in total. The number of amidine groups is 1. The van der Waals surface area contributed by atoms with Gasteiger partial charge >= 0.3 is 5.97 Å². The molecule has 0 saturated carbocycles. The Morgan fingerprint density at radius 2 is 1.81 bits per heavy atom. The van der Waals surface area contributed by atoms with Crippen LogP contribution < -0.4 is 9.47 Å². The van der Waals surface area contributed by atoms with E-state index in [9.17, 15) is 19.7 Å². The molecule has 0 bridgehead atoms. The number of nitro groups is 1. The van der Waals surface area contributed by atoms with Crippen LogP contribution in [0.2, 0.25) is 0 Å². The standard InChI is InChI=1S/C26H21N3O7S/c1-28-24(30)23(37-26(28)27-19-8-6-18(7-9-19)25(31)32)14-17-5-12-21(22(13-17)35-2)36-15-16-3-10-20(11-4-16)29(33)34/h3-14H,15H2,1-2H3,(H,31,32)/b23-14-,27-26?. The lowest BCUT2D eigenvalue weighted by atomic mass is 10.1. The number of benzene rings is 3. The summed E-state index contributed by atoms with van der Waals surface area (Å²) in [5.74, 6) is -0.293. The van der Waals surface area contributed by atoms with Crippen molar-refractivity contribution in [2.24, 2.45) is 4.99 Å². The van der Waals surface area contributed by atoms with Gasteiger partial charge in [-0.15, -0.1) is 0 Å². The molecule has 0 atom stereocenters. The first-order valence-electron chi connectivity index (χ1n) is 10.9. The minimum atomic E-state index is -1.02. The number of likely N-dealkylation sites (N-methyl/N-ethyl adjacent to an activating group) is 1. The van der Waals surface area contributed by atoms with Crippen molar-refractivity contribution in [3.05, 3.63) is 98.4 Å². The molecular formula is C26H21N3O7S. The predicted octanol–water partition coefficient (Wildman–Crippen LogP) is 5.11. The molecule has 1 saturated heterocycles. The molecule has 0 spiro atoms. The molecule has 3 aromatic rings. The third-order valence-corrected chi connectivity index (χ3v) is 6.43. The summed E-state index contributed by atoms with van der Waals surface area (Å²) in [7, 11) is 3.13. The van der Waals surface area contributed by atoms with Gasteiger partial charge in [-0.25, -0.2) is 9.79 Å². The lowest BCUT2D eigenvalue weighted by Crippen LogP contribution is -2.23. The van der Waals surface area contributed by atoms with Gasteiger partial charge < -0.3 is 14.6 Å². The van der Waals surface area contributed by atoms with Crippen molar-refractivity contribution in [2.75, 3.05) is 14.2 Å². The van der Waals surface area contributed by atoms with Gasteiger partial charge in [0.2, 0.25) is 0 Å². The number of nitrogens with zero attached hydrogens (tertiary/aromatic N) is 3. The maximum absolute atomic E-state index is 12.8. The average molecular weight is 520 g/mol. The highest BCUT2D eigenvalue weighted by molar-refractivity contribution is 8.18. The van der Waals surface area contributed by atoms with Gasteiger partial charge in [-0.05, 0) is 77.5 Å². The predicted molar refractivity (Wildman–Crippen MR) is 139 cm³/mol. The summed E-state index contributed by atoms with van der Waals surface area (Å²) in [4.78, 5) is 40.5. The fourth-order valence-corrected chi connectivity index (χ4v) is 4.35. The average Bonchev–Trinajstić information content (AvgIpc) is 3.15. The van der Waals surface area contributed by atoms with Crippen molar-refractivity contribution in [3.63, 3.8) is 0 Å². The van der Waals surface area contributed by atoms with Crippen LogP contribution in [-0.4, -0.2) is 46.1 Å². The first-order chi connectivity index (χ1) is 17.7. The van der Waals surface area contributed by atoms with E-state index in [1.807, 2.05) is 0 Å². The Labute approximate surface area is 216 Å². The number of carboxylic acid groups (broad SMARTS) is 1. The van der Waals surface area contributed by atoms with Crippen molar-refractivity contribution in [1.29, 1.82) is 0 Å². The second-order valence-corrected chi connectivity index (χ2v) is 8.85. The van der Waals surface area contributed by atoms with E-state index in [2.05, 4.69) is 4.99 Å². The number of nitro benzene ring substituents is 1. The summed E-state index contributed by atoms with van der Waals surface area (Å²) in [6.07, 6.45) is 1.72. The van der Waals surface area contributed by atoms with Gasteiger partial charge in [0.15, 0.2) is 16.7 Å². The van der Waals surface area contributed by atoms with E-state index in [1.165, 1.54) is 48.0 Å². The number of aromatic carboxylic acids is 1. The van der Waals surface area contributed by atoms with Crippen molar-refractivity contribution < 1.29 is 29.1 Å². The van der Waals surface area contributed by atoms with Gasteiger partial charge in [0.1, 0.15) is 6.61 Å². The highest BCUT2D eigenvalue weighted by Gasteiger charge is 2.30. The number of carbonyl (C=O) groups is 2. The number of carbonyl (C=O) groups excluding carboxylic acids is 1. The van der Waals surface area contributed by atoms with Gasteiger partial charge in [0, 0.05) is 19.2 Å². The molecular weight excluding hydrogens is 498 g/mol. The Kier molecular flexibility index (Phi) is 7.54. The molecule has 0 aromatic heterocycles. The van der Waals surface area contributed by atoms with E-state index in [0.29, 0.717) is 27.3 Å². The first-order valence-corrected chi connectivity index (χ1v) is 11.7. The Morgan fingerprint density at radius 3 is 2.43 bits per heavy atom. The molecule has 0 aliphatic carbocycles. The van der Waals surface area contributed by atoms with Crippen LogP contribution in [0.1, 0.15) is 21.5 Å². The van der Waals surface area contributed by atoms with Crippen LogP contribution in [0.3, 0.4) is 0 Å². The zero-order valence-corrected chi connectivity index (χ0v) is 20.6. The van der Waals surface area contributed by atoms with E-state index < -0.39 is 10.9 Å². The van der Waals surface area contributed by atoms with Gasteiger partial charge in [-0.3, -0.25) is 19.8 Å². The summed E-state index contributed by atoms with van der Waals surface area (Å²) in [5, 5.41) is 20.3. The van der Waals surface area contributed by atoms with E-state index in [4.69, 9.17) is 14.6 Å². The lowest BCUT2D eigenvalue weighted by Gasteiger charge is -2.11. The summed E-state index contributed by atoms with van der Waals surface area (Å²) in [6, 6.07) is 17.4. The zero-order chi connectivity index (χ0) is 26.5. The summed E-state index contributed by atoms with van der Waals surface area (Å²) >= 11 is 1.21. The molecule has 1 aliphatic heterocycles. The van der Waals surface area contributed by atoms with Crippen LogP contribution in [0.25, 0.3) is 6.08 Å². The number of thioether (sulfide) groups is 1. The lowest BCUT2D eigenvalue weighted by molar-refractivity contribution is -0.384. The molecule has 4 rings (SSSR count). The number of hydrogen-bond donors (Lipinski definition) is 1. The van der Waals surface area contributed by atoms with E-state index in [1.54, 1.807) is 55.6 Å². The smallest absolute Gasteiger partial charge is 0.335 e. The zero-order valence-electron chi connectivity index (χ0n) is 19.8. The largest absolute Gasteiger partial charge is 0.493 e. The SMILES string of the molecule is COc1cc(/C=C2\SC(=Nc3ccc(C(=O)O)cc3)N(C)C2=O)ccc1OCc1ccc([N+](=O)[O-])cc1. The second kappa shape index (κ2) is 11.0. The van der Waals surface area contributed by atoms with Crippen molar-refractivity contribution in [1.82, 2.24) is 4.90 Å². The Bertz CT molecular complexity index is 1420. The number of rotatable bonds is 8. The molecule has 1 aliphatic rings. The molecule has 1 N–H and O–H groups in total. The van der Waals surface area contributed by atoms with E-state index in [-0.39, 0.29) is 23.8 Å². The molecule has 1 heterocycles. The van der Waals surface area contributed by atoms with Crippen LogP contribution in [-0.2, 0) is 11.4 Å². The van der Waals surface area contributed by atoms with Gasteiger partial charge in [0.25, 0.3) is 11.6 Å². The molecule has 0 radical (unpaired) electrons. The Hall–Kier alpha value is -4.64. The van der Waals surface area contributed by atoms with Crippen molar-refractivity contribution >= 4 is 46.3 Å². The number of amides is 1. The molecule has 188 valence electrons. The molecule has 37 heavy (non-hydrogen) atoms. The Morgan fingerprint density at radius 1 is 1.11 bits per heavy atom. The first kappa shape index (κ1) is 25.5. The fourth-order valence-electron chi connectivity index (χ4n) is 3.36. The third kappa shape index (κ3) is 5.96. The van der Waals surface area contributed by atoms with Crippen molar-refractivity contribution in [2.45, 2.75) is 6.61 Å². The summed E-state index contributed by atoms with van der Waals surface area (Å²) < 4.78 is 11.3. The number of aliphatic imine (C=N–C) groups is 1. The maximum Gasteiger partial charge on any atom is 0.335 e. The number of carboxylic acids is 1. The normalized spacial score (nSPS) is 15.3. The van der Waals surface area contributed by atoms with Gasteiger partial charge in [0.05, 0.1) is 28.2 Å². The quantitative estimate of drug-likeness (QED) is 0.247. The fraction of sp³-hybridized carbons (Fsp3) is 0.115. The van der Waals surface area contributed by atoms with E-state index in [0.717, 1.165) is 11.1 Å². The number of hydrogen-bond acceptors (Lipinski definition) is 8. The third-order valence-electron chi connectivity index (χ3n) is 5.37. The molecule has 1 fully saturated rings. The maximum atomic E-state index is 12.8. The minimum Gasteiger partial charge on any atom is -0.493 e. The Balaban J connectivity index is 1.48. The minimum absolute atomic E-state index is 0.00740. The second-order valence-electron chi connectivity index (χ2n) is 7.84. The van der Waals surface area contributed by atoms with Crippen LogP contribution in [0.4, 0.5) is 11.4 Å². The molecule has 1 amide bonds. The summed E-state index contributed by atoms with van der Waals surface area (Å²) in [5.41, 5.74) is 2.18. The van der Waals surface area contributed by atoms with E-state index >= 15 is 0 Å². The number of methoxy groups -OCH3 is 1. The number of non-ortho nitro benzene ring substituents is 1. The van der Waals surface area contributed by atoms with Crippen LogP contribution >= 0.6 is 11.8 Å². The van der Waals surface area contributed by atoms with Crippen LogP contribution in [0.5, 0.6) is 11.5 Å². The highest BCUT2D eigenvalue weighted by atomic mass is 32.2. The molecule has 3 aromatic carbocycles.